The fourth-order valence-corrected chi connectivity index (χ4v) is 5.03. The number of carbonyl (C=O) groups excluding carboxylic acids is 1. The van der Waals surface area contributed by atoms with Crippen LogP contribution >= 0.6 is 39.5 Å². The van der Waals surface area contributed by atoms with Crippen LogP contribution in [0.2, 0.25) is 0 Å². The number of hydrogen-bond acceptors (Lipinski definition) is 7. The van der Waals surface area contributed by atoms with Crippen LogP contribution in [-0.2, 0) is 24.7 Å². The summed E-state index contributed by atoms with van der Waals surface area (Å²) >= 11 is 6.83. The lowest BCUT2D eigenvalue weighted by Gasteiger charge is -2.16. The minimum Gasteiger partial charge on any atom is -0.508 e. The van der Waals surface area contributed by atoms with Crippen LogP contribution in [0.1, 0.15) is 44.7 Å². The van der Waals surface area contributed by atoms with E-state index in [1.54, 1.807) is 44.2 Å². The monoisotopic (exact) mass is 594 g/mol. The average Bonchev–Trinajstić information content (AvgIpc) is 2.64. The maximum atomic E-state index is 12.3. The van der Waals surface area contributed by atoms with Crippen molar-refractivity contribution >= 4 is 45.6 Å². The Kier molecular flexibility index (Phi) is 9.60. The predicted molar refractivity (Wildman–Crippen MR) is 126 cm³/mol. The van der Waals surface area contributed by atoms with Gasteiger partial charge in [-0.05, 0) is 87.5 Å². The van der Waals surface area contributed by atoms with Gasteiger partial charge in [0.1, 0.15) is 11.5 Å². The molecule has 0 saturated carbocycles. The van der Waals surface area contributed by atoms with Gasteiger partial charge in [0.2, 0.25) is 6.79 Å². The van der Waals surface area contributed by atoms with Gasteiger partial charge in [0.25, 0.3) is 0 Å². The summed E-state index contributed by atoms with van der Waals surface area (Å²) in [5.74, 6) is 1.30. The van der Waals surface area contributed by atoms with Crippen LogP contribution in [0, 0.1) is 0 Å². The molecule has 0 saturated heterocycles. The molecule has 0 spiro atoms. The highest BCUT2D eigenvalue weighted by atomic mass is 79.9. The zero-order valence-electron chi connectivity index (χ0n) is 18.0. The third kappa shape index (κ3) is 8.08. The van der Waals surface area contributed by atoms with Crippen molar-refractivity contribution in [2.75, 3.05) is 6.79 Å². The quantitative estimate of drug-likeness (QED) is 0.180. The Bertz CT molecular complexity index is 986. The van der Waals surface area contributed by atoms with Crippen LogP contribution in [0.5, 0.6) is 17.2 Å². The molecule has 0 heterocycles. The van der Waals surface area contributed by atoms with E-state index in [0.29, 0.717) is 26.0 Å². The van der Waals surface area contributed by atoms with E-state index in [1.807, 2.05) is 13.8 Å². The summed E-state index contributed by atoms with van der Waals surface area (Å²) in [6, 6.07) is 8.23. The Morgan fingerprint density at radius 1 is 1.09 bits per heavy atom. The van der Waals surface area contributed by atoms with E-state index in [9.17, 15) is 19.4 Å². The highest BCUT2D eigenvalue weighted by molar-refractivity contribution is 9.11. The van der Waals surface area contributed by atoms with Crippen molar-refractivity contribution in [1.29, 1.82) is 0 Å². The van der Waals surface area contributed by atoms with Gasteiger partial charge in [0.15, 0.2) is 5.75 Å². The van der Waals surface area contributed by atoms with Crippen molar-refractivity contribution in [2.45, 2.75) is 45.9 Å². The number of rotatable bonds is 9. The number of benzene rings is 2. The second kappa shape index (κ2) is 11.5. The Morgan fingerprint density at radius 2 is 1.72 bits per heavy atom. The van der Waals surface area contributed by atoms with E-state index in [4.69, 9.17) is 14.0 Å². The van der Waals surface area contributed by atoms with Crippen molar-refractivity contribution in [3.05, 3.63) is 50.4 Å². The predicted octanol–water partition coefficient (Wildman–Crippen LogP) is 7.05. The fraction of sp³-hybridized carbons (Fsp3) is 0.381. The minimum absolute atomic E-state index is 0.114. The van der Waals surface area contributed by atoms with E-state index in [2.05, 4.69) is 36.6 Å². The van der Waals surface area contributed by atoms with Crippen molar-refractivity contribution in [1.82, 2.24) is 0 Å². The second-order valence-electron chi connectivity index (χ2n) is 7.47. The lowest BCUT2D eigenvalue weighted by molar-refractivity contribution is -0.0109. The lowest BCUT2D eigenvalue weighted by atomic mass is 10.0. The molecule has 32 heavy (non-hydrogen) atoms. The maximum absolute atomic E-state index is 12.3. The number of phenolic OH excluding ortho intramolecular Hbond substituents is 1. The van der Waals surface area contributed by atoms with Crippen molar-refractivity contribution < 1.29 is 38.1 Å². The van der Waals surface area contributed by atoms with Crippen molar-refractivity contribution in [3.63, 3.8) is 0 Å². The van der Waals surface area contributed by atoms with Gasteiger partial charge >= 0.3 is 13.8 Å². The van der Waals surface area contributed by atoms with Gasteiger partial charge in [-0.3, -0.25) is 9.09 Å². The zero-order valence-corrected chi connectivity index (χ0v) is 22.1. The molecule has 0 radical (unpaired) electrons. The van der Waals surface area contributed by atoms with Crippen LogP contribution in [0.3, 0.4) is 0 Å². The summed E-state index contributed by atoms with van der Waals surface area (Å²) in [5.41, 5.74) is 1.24. The number of phenols is 1. The van der Waals surface area contributed by atoms with Gasteiger partial charge in [0.05, 0.1) is 21.2 Å². The van der Waals surface area contributed by atoms with Crippen LogP contribution in [0.25, 0.3) is 0 Å². The first-order chi connectivity index (χ1) is 14.9. The molecule has 1 unspecified atom stereocenters. The number of carbonyl (C=O) groups is 1. The Morgan fingerprint density at radius 3 is 2.28 bits per heavy atom. The first kappa shape index (κ1) is 26.7. The molecule has 1 atom stereocenters. The minimum atomic E-state index is -4.09. The van der Waals surface area contributed by atoms with Crippen LogP contribution in [0.15, 0.2) is 39.3 Å². The third-order valence-electron chi connectivity index (χ3n) is 4.04. The van der Waals surface area contributed by atoms with Crippen LogP contribution < -0.4 is 4.74 Å². The van der Waals surface area contributed by atoms with Crippen molar-refractivity contribution in [2.24, 2.45) is 0 Å². The molecule has 2 aromatic carbocycles. The molecule has 0 aliphatic heterocycles. The molecule has 2 aromatic rings. The fourth-order valence-electron chi connectivity index (χ4n) is 2.64. The Balaban J connectivity index is 2.08. The largest absolute Gasteiger partial charge is 0.510 e. The zero-order chi connectivity index (χ0) is 24.1. The van der Waals surface area contributed by atoms with Gasteiger partial charge in [-0.15, -0.1) is 0 Å². The van der Waals surface area contributed by atoms with E-state index in [-0.39, 0.29) is 23.9 Å². The van der Waals surface area contributed by atoms with Crippen LogP contribution in [-0.4, -0.2) is 29.1 Å². The lowest BCUT2D eigenvalue weighted by Crippen LogP contribution is -2.14. The topological polar surface area (TPSA) is 112 Å². The molecule has 0 fully saturated rings. The number of aromatic hydroxyl groups is 1. The summed E-state index contributed by atoms with van der Waals surface area (Å²) in [4.78, 5) is 21.4. The van der Waals surface area contributed by atoms with Crippen molar-refractivity contribution in [3.8, 4) is 17.2 Å². The number of halogens is 2. The van der Waals surface area contributed by atoms with Gasteiger partial charge in [-0.1, -0.05) is 13.8 Å². The summed E-state index contributed by atoms with van der Waals surface area (Å²) in [6.07, 6.45) is -1.68. The Hall–Kier alpha value is -1.58. The molecule has 0 bridgehead atoms. The average molecular weight is 596 g/mol. The number of ether oxygens (including phenoxy) is 3. The summed E-state index contributed by atoms with van der Waals surface area (Å²) in [6.45, 7) is 6.52. The smallest absolute Gasteiger partial charge is 0.508 e. The molecule has 0 amide bonds. The molecule has 0 aliphatic carbocycles. The summed E-state index contributed by atoms with van der Waals surface area (Å²) in [7, 11) is -4.09. The molecule has 11 heteroatoms. The third-order valence-corrected chi connectivity index (χ3v) is 6.50. The first-order valence-corrected chi connectivity index (χ1v) is 13.0. The van der Waals surface area contributed by atoms with Gasteiger partial charge in [-0.2, -0.15) is 0 Å². The number of hydrogen-bond donors (Lipinski definition) is 2. The van der Waals surface area contributed by atoms with E-state index >= 15 is 0 Å². The molecule has 8 nitrogen and oxygen atoms in total. The molecular formula is C21H25Br2O8P. The molecule has 2 rings (SSSR count). The van der Waals surface area contributed by atoms with E-state index < -0.39 is 20.5 Å². The summed E-state index contributed by atoms with van der Waals surface area (Å²) in [5, 5.41) is 9.98. The molecular weight excluding hydrogens is 571 g/mol. The van der Waals surface area contributed by atoms with Gasteiger partial charge < -0.3 is 24.2 Å². The van der Waals surface area contributed by atoms with E-state index in [0.717, 1.165) is 5.56 Å². The highest BCUT2D eigenvalue weighted by Crippen LogP contribution is 2.48. The maximum Gasteiger partial charge on any atom is 0.510 e. The SMILES string of the molecule is CC(C)OC(=O)OCOP(=O)(O)Cc1cc(Br)c(Oc2ccc(O)c(C(C)C)c2)c(Br)c1. The van der Waals surface area contributed by atoms with E-state index in [1.165, 1.54) is 0 Å². The highest BCUT2D eigenvalue weighted by Gasteiger charge is 2.23. The molecule has 2 N–H and O–H groups in total. The summed E-state index contributed by atoms with van der Waals surface area (Å²) < 4.78 is 33.6. The van der Waals surface area contributed by atoms with Gasteiger partial charge in [-0.25, -0.2) is 4.79 Å². The molecule has 176 valence electrons. The van der Waals surface area contributed by atoms with Crippen LogP contribution in [0.4, 0.5) is 4.79 Å². The first-order valence-electron chi connectivity index (χ1n) is 9.66. The van der Waals surface area contributed by atoms with Gasteiger partial charge in [0, 0.05) is 5.56 Å². The standard InChI is InChI=1S/C21H25Br2O8P/c1-12(2)16-9-15(5-6-19(16)24)31-20-17(22)7-14(8-18(20)23)10-32(26,27)29-11-28-21(25)30-13(3)4/h5-9,12-13,24H,10-11H2,1-4H3,(H,26,27). The molecule has 0 aliphatic rings. The molecule has 0 aromatic heterocycles. The normalized spacial score (nSPS) is 13.2. The Labute approximate surface area is 203 Å². The second-order valence-corrected chi connectivity index (χ2v) is 11.0.